The molecule has 0 saturated carbocycles. The zero-order valence-corrected chi connectivity index (χ0v) is 25.8. The van der Waals surface area contributed by atoms with E-state index in [0.29, 0.717) is 16.5 Å². The number of aromatic nitrogens is 1. The van der Waals surface area contributed by atoms with Gasteiger partial charge in [-0.3, -0.25) is 19.3 Å². The highest BCUT2D eigenvalue weighted by Gasteiger charge is 2.54. The first kappa shape index (κ1) is 31.3. The van der Waals surface area contributed by atoms with Crippen molar-refractivity contribution in [3.8, 4) is 0 Å². The summed E-state index contributed by atoms with van der Waals surface area (Å²) >= 11 is 3.70. The van der Waals surface area contributed by atoms with E-state index >= 15 is 0 Å². The summed E-state index contributed by atoms with van der Waals surface area (Å²) in [7, 11) is 1.86. The number of carboxylic acid groups (broad SMARTS) is 2. The summed E-state index contributed by atoms with van der Waals surface area (Å²) < 4.78 is 0. The molecule has 1 aromatic carbocycles. The Bertz CT molecular complexity index is 1610. The SMILES string of the molecule is CC(CC(=O)O)O/N=C(\C(=O)NC1C(=O)N2C(C(=O)O)=C(CSC3=NC(N)c4ccccc4N3C)CS[C@@H]12)c1csc(N)n1. The zero-order valence-electron chi connectivity index (χ0n) is 23.4. The third-order valence-corrected chi connectivity index (χ3v) is 9.97. The number of nitrogens with zero attached hydrogens (tertiary/aromatic N) is 5. The first-order valence-corrected chi connectivity index (χ1v) is 16.0. The maximum Gasteiger partial charge on any atom is 0.352 e. The Morgan fingerprint density at radius 2 is 2.05 bits per heavy atom. The molecule has 5 rings (SSSR count). The molecule has 3 aliphatic rings. The number of para-hydroxylation sites is 1. The topological polar surface area (TPSA) is 226 Å². The monoisotopic (exact) mass is 660 g/mol. The number of carbonyl (C=O) groups is 4. The van der Waals surface area contributed by atoms with Gasteiger partial charge in [0, 0.05) is 35.2 Å². The van der Waals surface area contributed by atoms with Gasteiger partial charge in [-0.15, -0.1) is 23.1 Å². The predicted molar refractivity (Wildman–Crippen MR) is 167 cm³/mol. The number of anilines is 2. The highest BCUT2D eigenvalue weighted by molar-refractivity contribution is 8.14. The molecule has 2 aromatic rings. The number of fused-ring (bicyclic) bond motifs is 2. The molecular weight excluding hydrogens is 633 g/mol. The number of aliphatic imine (C=N–C) groups is 1. The van der Waals surface area contributed by atoms with Gasteiger partial charge in [0.15, 0.2) is 16.0 Å². The molecule has 232 valence electrons. The van der Waals surface area contributed by atoms with Crippen molar-refractivity contribution in [2.45, 2.75) is 37.0 Å². The molecule has 18 heteroatoms. The second-order valence-corrected chi connectivity index (χ2v) is 12.8. The van der Waals surface area contributed by atoms with Crippen LogP contribution in [-0.2, 0) is 24.0 Å². The molecule has 4 heterocycles. The standard InChI is InChI=1S/C26H28N8O7S3/c1-11(7-16(35)36)41-32-17(14-10-43-25(28)29-14)21(37)30-18-22(38)34-19(24(39)40)12(8-42-23(18)34)9-44-26-31-20(27)13-5-3-4-6-15(13)33(26)2/h3-6,10-11,18,20,23H,7-9,27H2,1-2H3,(H2,28,29)(H,30,37)(H,35,36)(H,39,40)/b32-17-/t11?,18?,20?,23-/m0/s1. The lowest BCUT2D eigenvalue weighted by Crippen LogP contribution is -2.71. The Hall–Kier alpha value is -4.13. The Kier molecular flexibility index (Phi) is 9.14. The quantitative estimate of drug-likeness (QED) is 0.138. The summed E-state index contributed by atoms with van der Waals surface area (Å²) in [6.07, 6.45) is -1.77. The molecule has 1 aromatic heterocycles. The number of thioether (sulfide) groups is 2. The fraction of sp³-hybridized carbons (Fsp3) is 0.346. The minimum Gasteiger partial charge on any atom is -0.481 e. The first-order valence-electron chi connectivity index (χ1n) is 13.1. The van der Waals surface area contributed by atoms with Crippen molar-refractivity contribution >= 4 is 80.3 Å². The molecule has 0 spiro atoms. The molecule has 1 fully saturated rings. The van der Waals surface area contributed by atoms with E-state index in [2.05, 4.69) is 20.4 Å². The molecule has 0 radical (unpaired) electrons. The van der Waals surface area contributed by atoms with Crippen molar-refractivity contribution in [1.82, 2.24) is 15.2 Å². The second-order valence-electron chi connectivity index (χ2n) is 9.91. The summed E-state index contributed by atoms with van der Waals surface area (Å²) in [4.78, 5) is 66.7. The van der Waals surface area contributed by atoms with Crippen LogP contribution >= 0.6 is 34.9 Å². The van der Waals surface area contributed by atoms with Gasteiger partial charge in [-0.2, -0.15) is 0 Å². The van der Waals surface area contributed by atoms with Crippen LogP contribution in [0.3, 0.4) is 0 Å². The van der Waals surface area contributed by atoms with Gasteiger partial charge in [0.25, 0.3) is 11.8 Å². The molecular formula is C26H28N8O7S3. The largest absolute Gasteiger partial charge is 0.481 e. The summed E-state index contributed by atoms with van der Waals surface area (Å²) in [6, 6.07) is 6.58. The number of amidine groups is 1. The van der Waals surface area contributed by atoms with Gasteiger partial charge in [-0.1, -0.05) is 35.1 Å². The molecule has 15 nitrogen and oxygen atoms in total. The number of nitrogens with one attached hydrogen (secondary N) is 1. The van der Waals surface area contributed by atoms with E-state index < -0.39 is 47.4 Å². The van der Waals surface area contributed by atoms with Crippen molar-refractivity contribution in [3.05, 3.63) is 52.2 Å². The van der Waals surface area contributed by atoms with E-state index in [4.69, 9.17) is 21.4 Å². The van der Waals surface area contributed by atoms with Crippen molar-refractivity contribution < 1.29 is 34.2 Å². The van der Waals surface area contributed by atoms with Gasteiger partial charge >= 0.3 is 11.9 Å². The Labute approximate surface area is 263 Å². The van der Waals surface area contributed by atoms with E-state index in [0.717, 1.165) is 22.6 Å². The van der Waals surface area contributed by atoms with Crippen LogP contribution in [0.5, 0.6) is 0 Å². The van der Waals surface area contributed by atoms with Gasteiger partial charge in [-0.25, -0.2) is 14.8 Å². The van der Waals surface area contributed by atoms with Crippen LogP contribution in [0.2, 0.25) is 0 Å². The number of oxime groups is 1. The maximum atomic E-state index is 13.3. The van der Waals surface area contributed by atoms with Gasteiger partial charge < -0.3 is 36.7 Å². The number of nitrogen functional groups attached to an aromatic ring is 1. The highest BCUT2D eigenvalue weighted by atomic mass is 32.2. The minimum atomic E-state index is -1.26. The number of carbonyl (C=O) groups excluding carboxylic acids is 2. The fourth-order valence-electron chi connectivity index (χ4n) is 4.74. The van der Waals surface area contributed by atoms with E-state index in [-0.39, 0.29) is 34.4 Å². The Morgan fingerprint density at radius 1 is 1.30 bits per heavy atom. The second kappa shape index (κ2) is 12.8. The first-order chi connectivity index (χ1) is 21.0. The molecule has 4 atom stereocenters. The van der Waals surface area contributed by atoms with Crippen molar-refractivity contribution in [1.29, 1.82) is 0 Å². The van der Waals surface area contributed by atoms with Gasteiger partial charge in [0.2, 0.25) is 0 Å². The molecule has 0 bridgehead atoms. The number of nitrogens with two attached hydrogens (primary N) is 2. The Morgan fingerprint density at radius 3 is 2.73 bits per heavy atom. The van der Waals surface area contributed by atoms with E-state index in [1.165, 1.54) is 40.7 Å². The van der Waals surface area contributed by atoms with Crippen LogP contribution < -0.4 is 21.7 Å². The average Bonchev–Trinajstić information content (AvgIpc) is 3.41. The number of aliphatic carboxylic acids is 2. The number of thiazole rings is 1. The summed E-state index contributed by atoms with van der Waals surface area (Å²) in [6.45, 7) is 1.47. The van der Waals surface area contributed by atoms with Crippen LogP contribution in [0.1, 0.15) is 30.8 Å². The van der Waals surface area contributed by atoms with Crippen LogP contribution in [0.4, 0.5) is 10.8 Å². The van der Waals surface area contributed by atoms with Crippen molar-refractivity contribution in [2.24, 2.45) is 15.9 Å². The lowest BCUT2D eigenvalue weighted by molar-refractivity contribution is -0.150. The summed E-state index contributed by atoms with van der Waals surface area (Å²) in [5.41, 5.74) is 13.9. The third kappa shape index (κ3) is 6.23. The van der Waals surface area contributed by atoms with E-state index in [9.17, 15) is 24.3 Å². The predicted octanol–water partition coefficient (Wildman–Crippen LogP) is 1.24. The number of β-lactam (4-membered cyclic amide) rings is 1. The number of hydrogen-bond acceptors (Lipinski definition) is 14. The normalized spacial score (nSPS) is 22.0. The number of hydrogen-bond donors (Lipinski definition) is 5. The molecule has 1 saturated heterocycles. The summed E-state index contributed by atoms with van der Waals surface area (Å²) in [5.74, 6) is -3.22. The minimum absolute atomic E-state index is 0.0795. The van der Waals surface area contributed by atoms with Gasteiger partial charge in [0.05, 0.1) is 6.42 Å². The fourth-order valence-corrected chi connectivity index (χ4v) is 7.78. The average molecular weight is 661 g/mol. The number of amides is 2. The van der Waals surface area contributed by atoms with Crippen molar-refractivity contribution in [3.63, 3.8) is 0 Å². The third-order valence-electron chi connectivity index (χ3n) is 6.83. The number of carboxylic acids is 2. The van der Waals surface area contributed by atoms with Crippen LogP contribution in [0.15, 0.2) is 51.1 Å². The molecule has 2 amide bonds. The molecule has 3 unspecified atom stereocenters. The maximum absolute atomic E-state index is 13.3. The number of benzene rings is 1. The van der Waals surface area contributed by atoms with Crippen LogP contribution in [0.25, 0.3) is 0 Å². The van der Waals surface area contributed by atoms with Crippen molar-refractivity contribution in [2.75, 3.05) is 29.2 Å². The van der Waals surface area contributed by atoms with E-state index in [1.807, 2.05) is 36.2 Å². The highest BCUT2D eigenvalue weighted by Crippen LogP contribution is 2.42. The zero-order chi connectivity index (χ0) is 31.7. The lowest BCUT2D eigenvalue weighted by Gasteiger charge is -2.49. The van der Waals surface area contributed by atoms with Gasteiger partial charge in [-0.05, 0) is 18.6 Å². The molecule has 44 heavy (non-hydrogen) atoms. The Balaban J connectivity index is 1.30. The van der Waals surface area contributed by atoms with E-state index in [1.54, 1.807) is 0 Å². The summed E-state index contributed by atoms with van der Waals surface area (Å²) in [5, 5.41) is 27.1. The lowest BCUT2D eigenvalue weighted by atomic mass is 10.0. The molecule has 7 N–H and O–H groups in total. The smallest absolute Gasteiger partial charge is 0.352 e. The van der Waals surface area contributed by atoms with Crippen LogP contribution in [0, 0.1) is 0 Å². The van der Waals surface area contributed by atoms with Crippen LogP contribution in [-0.4, -0.2) is 90.8 Å². The molecule has 3 aliphatic heterocycles. The molecule has 0 aliphatic carbocycles. The number of rotatable bonds is 10. The van der Waals surface area contributed by atoms with Gasteiger partial charge in [0.1, 0.15) is 35.1 Å².